The van der Waals surface area contributed by atoms with E-state index in [1.165, 1.54) is 0 Å². The minimum absolute atomic E-state index is 0.158. The van der Waals surface area contributed by atoms with Gasteiger partial charge < -0.3 is 9.15 Å². The van der Waals surface area contributed by atoms with E-state index in [4.69, 9.17) is 9.15 Å². The molecule has 0 amide bonds. The molecule has 1 aromatic heterocycles. The van der Waals surface area contributed by atoms with Gasteiger partial charge in [-0.25, -0.2) is 13.1 Å². The highest BCUT2D eigenvalue weighted by Gasteiger charge is 2.27. The number of furan rings is 1. The van der Waals surface area contributed by atoms with Gasteiger partial charge >= 0.3 is 0 Å². The molecule has 0 bridgehead atoms. The molecule has 7 heteroatoms. The summed E-state index contributed by atoms with van der Waals surface area (Å²) in [4.78, 5) is 2.49. The summed E-state index contributed by atoms with van der Waals surface area (Å²) < 4.78 is 39.4. The molecule has 142 valence electrons. The molecule has 1 aromatic carbocycles. The molecule has 1 saturated heterocycles. The van der Waals surface area contributed by atoms with Crippen LogP contribution in [-0.2, 0) is 14.8 Å². The minimum Gasteiger partial charge on any atom is -0.465 e. The van der Waals surface area contributed by atoms with Crippen LogP contribution in [0.2, 0.25) is 0 Å². The first kappa shape index (κ1) is 19.1. The molecular formula is C19H26N2O4S. The largest absolute Gasteiger partial charge is 0.465 e. The number of morpholine rings is 1. The van der Waals surface area contributed by atoms with Crippen molar-refractivity contribution in [3.05, 3.63) is 53.0 Å². The molecule has 6 nitrogen and oxygen atoms in total. The molecule has 0 radical (unpaired) electrons. The van der Waals surface area contributed by atoms with E-state index in [1.807, 2.05) is 39.0 Å². The number of ether oxygens (including phenoxy) is 1. The van der Waals surface area contributed by atoms with Gasteiger partial charge in [-0.1, -0.05) is 6.07 Å². The lowest BCUT2D eigenvalue weighted by molar-refractivity contribution is 0.0127. The summed E-state index contributed by atoms with van der Waals surface area (Å²) in [6, 6.07) is 8.85. The average molecular weight is 378 g/mol. The van der Waals surface area contributed by atoms with Crippen molar-refractivity contribution >= 4 is 10.0 Å². The fourth-order valence-electron chi connectivity index (χ4n) is 3.08. The van der Waals surface area contributed by atoms with E-state index in [0.29, 0.717) is 13.2 Å². The molecule has 0 unspecified atom stereocenters. The Morgan fingerprint density at radius 3 is 2.42 bits per heavy atom. The van der Waals surface area contributed by atoms with E-state index >= 15 is 0 Å². The lowest BCUT2D eigenvalue weighted by Crippen LogP contribution is -2.43. The van der Waals surface area contributed by atoms with E-state index in [-0.39, 0.29) is 17.5 Å². The average Bonchev–Trinajstić information content (AvgIpc) is 3.04. The van der Waals surface area contributed by atoms with Crippen molar-refractivity contribution in [3.63, 3.8) is 0 Å². The van der Waals surface area contributed by atoms with Crippen molar-refractivity contribution in [3.8, 4) is 0 Å². The molecular weight excluding hydrogens is 352 g/mol. The zero-order valence-electron chi connectivity index (χ0n) is 15.5. The van der Waals surface area contributed by atoms with Gasteiger partial charge in [0.2, 0.25) is 10.0 Å². The number of hydrogen-bond donors (Lipinski definition) is 1. The maximum atomic E-state index is 12.7. The van der Waals surface area contributed by atoms with E-state index in [1.54, 1.807) is 12.1 Å². The Morgan fingerprint density at radius 2 is 1.81 bits per heavy atom. The zero-order valence-corrected chi connectivity index (χ0v) is 16.3. The number of aryl methyl sites for hydroxylation is 3. The van der Waals surface area contributed by atoms with Crippen LogP contribution in [0.25, 0.3) is 0 Å². The van der Waals surface area contributed by atoms with Crippen LogP contribution >= 0.6 is 0 Å². The summed E-state index contributed by atoms with van der Waals surface area (Å²) in [5.41, 5.74) is 2.03. The van der Waals surface area contributed by atoms with Gasteiger partial charge in [-0.05, 0) is 56.2 Å². The zero-order chi connectivity index (χ0) is 18.7. The van der Waals surface area contributed by atoms with Crippen molar-refractivity contribution in [1.29, 1.82) is 0 Å². The first-order chi connectivity index (χ1) is 12.4. The van der Waals surface area contributed by atoms with Gasteiger partial charge in [0.05, 0.1) is 24.2 Å². The summed E-state index contributed by atoms with van der Waals surface area (Å²) in [6.07, 6.45) is 0. The fourth-order valence-corrected chi connectivity index (χ4v) is 4.21. The molecule has 0 spiro atoms. The van der Waals surface area contributed by atoms with Crippen LogP contribution < -0.4 is 4.72 Å². The summed E-state index contributed by atoms with van der Waals surface area (Å²) in [6.45, 7) is 8.79. The van der Waals surface area contributed by atoms with Crippen LogP contribution in [0.1, 0.15) is 28.7 Å². The smallest absolute Gasteiger partial charge is 0.240 e. The Bertz CT molecular complexity index is 854. The maximum absolute atomic E-state index is 12.7. The standard InChI is InChI=1S/C19H26N2O4S/c1-14-4-6-17(12-15(14)2)26(22,23)20-13-18(19-7-5-16(3)25-19)21-8-10-24-11-9-21/h4-7,12,18,20H,8-11,13H2,1-3H3/t18-/m1/s1. The van der Waals surface area contributed by atoms with Crippen LogP contribution in [0.5, 0.6) is 0 Å². The van der Waals surface area contributed by atoms with Crippen LogP contribution in [0.3, 0.4) is 0 Å². The molecule has 1 aliphatic rings. The van der Waals surface area contributed by atoms with E-state index in [2.05, 4.69) is 9.62 Å². The van der Waals surface area contributed by atoms with Gasteiger partial charge in [0.1, 0.15) is 11.5 Å². The highest BCUT2D eigenvalue weighted by atomic mass is 32.2. The lowest BCUT2D eigenvalue weighted by Gasteiger charge is -2.33. The van der Waals surface area contributed by atoms with Gasteiger partial charge in [-0.3, -0.25) is 4.90 Å². The van der Waals surface area contributed by atoms with Gasteiger partial charge in [-0.2, -0.15) is 0 Å². The van der Waals surface area contributed by atoms with Gasteiger partial charge in [0.15, 0.2) is 0 Å². The number of benzene rings is 1. The van der Waals surface area contributed by atoms with Crippen molar-refractivity contribution < 1.29 is 17.6 Å². The van der Waals surface area contributed by atoms with Gasteiger partial charge in [0.25, 0.3) is 0 Å². The fraction of sp³-hybridized carbons (Fsp3) is 0.474. The van der Waals surface area contributed by atoms with Crippen molar-refractivity contribution in [2.24, 2.45) is 0 Å². The molecule has 2 heterocycles. The first-order valence-electron chi connectivity index (χ1n) is 8.82. The third-order valence-corrected chi connectivity index (χ3v) is 6.25. The summed E-state index contributed by atoms with van der Waals surface area (Å²) >= 11 is 0. The third-order valence-electron chi connectivity index (χ3n) is 4.83. The van der Waals surface area contributed by atoms with E-state index < -0.39 is 10.0 Å². The molecule has 1 N–H and O–H groups in total. The predicted octanol–water partition coefficient (Wildman–Crippen LogP) is 2.56. The lowest BCUT2D eigenvalue weighted by atomic mass is 10.1. The molecule has 2 aromatic rings. The van der Waals surface area contributed by atoms with Crippen LogP contribution in [-0.4, -0.2) is 46.2 Å². The summed E-state index contributed by atoms with van der Waals surface area (Å²) in [5, 5.41) is 0. The van der Waals surface area contributed by atoms with Gasteiger partial charge in [0, 0.05) is 19.6 Å². The van der Waals surface area contributed by atoms with Crippen LogP contribution in [0, 0.1) is 20.8 Å². The highest BCUT2D eigenvalue weighted by molar-refractivity contribution is 7.89. The molecule has 0 saturated carbocycles. The normalized spacial score (nSPS) is 17.3. The quantitative estimate of drug-likeness (QED) is 0.836. The number of nitrogens with zero attached hydrogens (tertiary/aromatic N) is 1. The third kappa shape index (κ3) is 4.35. The van der Waals surface area contributed by atoms with E-state index in [0.717, 1.165) is 35.7 Å². The Hall–Kier alpha value is -1.67. The monoisotopic (exact) mass is 378 g/mol. The first-order valence-corrected chi connectivity index (χ1v) is 10.3. The number of nitrogens with one attached hydrogen (secondary N) is 1. The summed E-state index contributed by atoms with van der Waals surface area (Å²) in [5.74, 6) is 1.59. The molecule has 1 atom stereocenters. The van der Waals surface area contributed by atoms with Crippen molar-refractivity contribution in [2.75, 3.05) is 32.8 Å². The van der Waals surface area contributed by atoms with Crippen molar-refractivity contribution in [2.45, 2.75) is 31.7 Å². The Kier molecular flexibility index (Phi) is 5.82. The Labute approximate surface area is 155 Å². The van der Waals surface area contributed by atoms with Crippen molar-refractivity contribution in [1.82, 2.24) is 9.62 Å². The number of hydrogen-bond acceptors (Lipinski definition) is 5. The highest BCUT2D eigenvalue weighted by Crippen LogP contribution is 2.24. The predicted molar refractivity (Wildman–Crippen MR) is 99.7 cm³/mol. The maximum Gasteiger partial charge on any atom is 0.240 e. The Balaban J connectivity index is 1.79. The second-order valence-electron chi connectivity index (χ2n) is 6.71. The molecule has 3 rings (SSSR count). The van der Waals surface area contributed by atoms with Gasteiger partial charge in [-0.15, -0.1) is 0 Å². The Morgan fingerprint density at radius 1 is 1.08 bits per heavy atom. The second kappa shape index (κ2) is 7.92. The minimum atomic E-state index is -3.58. The van der Waals surface area contributed by atoms with Crippen LogP contribution in [0.15, 0.2) is 39.6 Å². The molecule has 0 aliphatic carbocycles. The number of rotatable bonds is 6. The SMILES string of the molecule is Cc1ccc([C@@H](CNS(=O)(=O)c2ccc(C)c(C)c2)N2CCOCC2)o1. The number of sulfonamides is 1. The molecule has 1 aliphatic heterocycles. The summed E-state index contributed by atoms with van der Waals surface area (Å²) in [7, 11) is -3.58. The second-order valence-corrected chi connectivity index (χ2v) is 8.48. The molecule has 26 heavy (non-hydrogen) atoms. The topological polar surface area (TPSA) is 71.8 Å². The van der Waals surface area contributed by atoms with E-state index in [9.17, 15) is 8.42 Å². The van der Waals surface area contributed by atoms with Crippen LogP contribution in [0.4, 0.5) is 0 Å². The molecule has 1 fully saturated rings.